The molecule has 0 amide bonds. The molecule has 136 valence electrons. The summed E-state index contributed by atoms with van der Waals surface area (Å²) in [5, 5.41) is 16.1. The number of hydrazone groups is 1. The molecule has 0 fully saturated rings. The Labute approximate surface area is 164 Å². The van der Waals surface area contributed by atoms with Crippen LogP contribution in [0.4, 0.5) is 0 Å². The van der Waals surface area contributed by atoms with Crippen molar-refractivity contribution in [2.24, 2.45) is 11.0 Å². The number of rotatable bonds is 2. The van der Waals surface area contributed by atoms with Crippen LogP contribution < -0.4 is 4.74 Å². The summed E-state index contributed by atoms with van der Waals surface area (Å²) in [5.41, 5.74) is 5.06. The molecule has 3 aromatic carbocycles. The van der Waals surface area contributed by atoms with Gasteiger partial charge in [-0.15, -0.1) is 0 Å². The summed E-state index contributed by atoms with van der Waals surface area (Å²) in [7, 11) is 2.01. The number of fused-ring (bicyclic) bond motifs is 3. The van der Waals surface area contributed by atoms with Crippen LogP contribution in [0.15, 0.2) is 84.0 Å². The Hall–Kier alpha value is -3.58. The minimum absolute atomic E-state index is 0.0429. The van der Waals surface area contributed by atoms with E-state index in [9.17, 15) is 0 Å². The first kappa shape index (κ1) is 16.6. The van der Waals surface area contributed by atoms with Crippen molar-refractivity contribution in [2.45, 2.75) is 12.1 Å². The van der Waals surface area contributed by atoms with Crippen molar-refractivity contribution in [3.63, 3.8) is 0 Å². The second kappa shape index (κ2) is 6.54. The van der Waals surface area contributed by atoms with E-state index in [0.717, 1.165) is 28.2 Å². The molecule has 0 N–H and O–H groups in total. The quantitative estimate of drug-likeness (QED) is 0.661. The van der Waals surface area contributed by atoms with Crippen molar-refractivity contribution in [1.82, 2.24) is 5.01 Å². The van der Waals surface area contributed by atoms with E-state index in [1.807, 2.05) is 72.7 Å². The van der Waals surface area contributed by atoms with Crippen LogP contribution >= 0.6 is 0 Å². The first-order valence-corrected chi connectivity index (χ1v) is 9.38. The Morgan fingerprint density at radius 3 is 2.36 bits per heavy atom. The highest BCUT2D eigenvalue weighted by Crippen LogP contribution is 2.49. The van der Waals surface area contributed by atoms with E-state index in [1.54, 1.807) is 0 Å². The van der Waals surface area contributed by atoms with Crippen LogP contribution in [0.3, 0.4) is 0 Å². The zero-order valence-corrected chi connectivity index (χ0v) is 15.5. The van der Waals surface area contributed by atoms with Crippen molar-refractivity contribution >= 4 is 5.71 Å². The van der Waals surface area contributed by atoms with E-state index >= 15 is 0 Å². The smallest absolute Gasteiger partial charge is 0.135 e. The fraction of sp³-hybridized carbons (Fsp3) is 0.167. The van der Waals surface area contributed by atoms with Crippen LogP contribution in [0.25, 0.3) is 0 Å². The molecule has 3 atom stereocenters. The molecular weight excluding hydrogens is 346 g/mol. The molecule has 2 aliphatic heterocycles. The van der Waals surface area contributed by atoms with Gasteiger partial charge < -0.3 is 4.74 Å². The average molecular weight is 365 g/mol. The molecule has 0 radical (unpaired) electrons. The third kappa shape index (κ3) is 2.56. The molecule has 5 rings (SSSR count). The number of para-hydroxylation sites is 1. The molecule has 2 aliphatic rings. The van der Waals surface area contributed by atoms with Crippen LogP contribution in [0.2, 0.25) is 0 Å². The predicted octanol–water partition coefficient (Wildman–Crippen LogP) is 4.70. The standard InChI is InChI=1S/C24H19N3O/c1-27-23(17-13-11-16(15-25)12-14-17)21-22(26-27)19-9-5-6-10-20(19)28-24(21)18-7-3-2-4-8-18/h2-14,21,23-24H,1H3. The lowest BCUT2D eigenvalue weighted by molar-refractivity contribution is 0.113. The van der Waals surface area contributed by atoms with Gasteiger partial charge in [-0.2, -0.15) is 10.4 Å². The van der Waals surface area contributed by atoms with Gasteiger partial charge in [-0.25, -0.2) is 0 Å². The molecular formula is C24H19N3O. The fourth-order valence-electron chi connectivity index (χ4n) is 4.31. The van der Waals surface area contributed by atoms with Crippen molar-refractivity contribution in [3.8, 4) is 11.8 Å². The summed E-state index contributed by atoms with van der Waals surface area (Å²) < 4.78 is 6.52. The van der Waals surface area contributed by atoms with E-state index in [4.69, 9.17) is 15.1 Å². The van der Waals surface area contributed by atoms with Crippen molar-refractivity contribution in [1.29, 1.82) is 5.26 Å². The molecule has 0 aliphatic carbocycles. The topological polar surface area (TPSA) is 48.6 Å². The summed E-state index contributed by atoms with van der Waals surface area (Å²) in [5.74, 6) is 0.940. The van der Waals surface area contributed by atoms with Crippen molar-refractivity contribution in [2.75, 3.05) is 7.05 Å². The highest BCUT2D eigenvalue weighted by atomic mass is 16.5. The first-order valence-electron chi connectivity index (χ1n) is 9.38. The second-order valence-corrected chi connectivity index (χ2v) is 7.21. The lowest BCUT2D eigenvalue weighted by Gasteiger charge is -2.36. The molecule has 0 saturated heterocycles. The Bertz CT molecular complexity index is 1080. The van der Waals surface area contributed by atoms with Gasteiger partial charge in [0.15, 0.2) is 0 Å². The van der Waals surface area contributed by atoms with E-state index < -0.39 is 0 Å². The van der Waals surface area contributed by atoms with Crippen LogP contribution in [0, 0.1) is 17.2 Å². The summed E-state index contributed by atoms with van der Waals surface area (Å²) >= 11 is 0. The second-order valence-electron chi connectivity index (χ2n) is 7.21. The maximum Gasteiger partial charge on any atom is 0.135 e. The van der Waals surface area contributed by atoms with E-state index in [-0.39, 0.29) is 18.1 Å². The lowest BCUT2D eigenvalue weighted by atomic mass is 9.79. The average Bonchev–Trinajstić information content (AvgIpc) is 3.11. The minimum Gasteiger partial charge on any atom is -0.484 e. The molecule has 3 aromatic rings. The number of hydrogen-bond donors (Lipinski definition) is 0. The summed E-state index contributed by atoms with van der Waals surface area (Å²) in [6, 6.07) is 28.5. The Kier molecular flexibility index (Phi) is 3.87. The number of nitriles is 1. The van der Waals surface area contributed by atoms with Crippen LogP contribution in [-0.4, -0.2) is 17.8 Å². The molecule has 4 nitrogen and oxygen atoms in total. The van der Waals surface area contributed by atoms with Gasteiger partial charge in [-0.3, -0.25) is 5.01 Å². The van der Waals surface area contributed by atoms with Crippen molar-refractivity contribution in [3.05, 3.63) is 101 Å². The van der Waals surface area contributed by atoms with E-state index in [2.05, 4.69) is 24.3 Å². The van der Waals surface area contributed by atoms with Gasteiger partial charge in [-0.05, 0) is 35.4 Å². The number of ether oxygens (including phenoxy) is 1. The third-order valence-corrected chi connectivity index (χ3v) is 5.58. The predicted molar refractivity (Wildman–Crippen MR) is 108 cm³/mol. The van der Waals surface area contributed by atoms with Gasteiger partial charge >= 0.3 is 0 Å². The van der Waals surface area contributed by atoms with Gasteiger partial charge in [0.1, 0.15) is 11.9 Å². The summed E-state index contributed by atoms with van der Waals surface area (Å²) in [4.78, 5) is 0. The van der Waals surface area contributed by atoms with Crippen LogP contribution in [-0.2, 0) is 0 Å². The van der Waals surface area contributed by atoms with Crippen LogP contribution in [0.5, 0.6) is 5.75 Å². The SMILES string of the molecule is CN1N=C2c3ccccc3OC(c3ccccc3)C2C1c1ccc(C#N)cc1. The Morgan fingerprint density at radius 2 is 1.61 bits per heavy atom. The molecule has 4 heteroatoms. The number of hydrogen-bond acceptors (Lipinski definition) is 4. The number of nitrogens with zero attached hydrogens (tertiary/aromatic N) is 3. The van der Waals surface area contributed by atoms with E-state index in [0.29, 0.717) is 5.56 Å². The number of benzene rings is 3. The maximum atomic E-state index is 9.13. The van der Waals surface area contributed by atoms with Gasteiger partial charge in [0.25, 0.3) is 0 Å². The van der Waals surface area contributed by atoms with Gasteiger partial charge in [-0.1, -0.05) is 54.6 Å². The molecule has 28 heavy (non-hydrogen) atoms. The van der Waals surface area contributed by atoms with Gasteiger partial charge in [0, 0.05) is 12.6 Å². The largest absolute Gasteiger partial charge is 0.484 e. The maximum absolute atomic E-state index is 9.13. The normalized spacial score (nSPS) is 22.5. The molecule has 0 aromatic heterocycles. The molecule has 3 unspecified atom stereocenters. The van der Waals surface area contributed by atoms with E-state index in [1.165, 1.54) is 0 Å². The Morgan fingerprint density at radius 1 is 0.893 bits per heavy atom. The zero-order chi connectivity index (χ0) is 19.1. The minimum atomic E-state index is -0.125. The first-order chi connectivity index (χ1) is 13.8. The zero-order valence-electron chi connectivity index (χ0n) is 15.5. The molecule has 0 bridgehead atoms. The third-order valence-electron chi connectivity index (χ3n) is 5.58. The van der Waals surface area contributed by atoms with Crippen molar-refractivity contribution < 1.29 is 4.74 Å². The monoisotopic (exact) mass is 365 g/mol. The molecule has 0 saturated carbocycles. The highest BCUT2D eigenvalue weighted by molar-refractivity contribution is 6.07. The molecule has 2 heterocycles. The lowest BCUT2D eigenvalue weighted by Crippen LogP contribution is -2.35. The summed E-state index contributed by atoms with van der Waals surface area (Å²) in [6.07, 6.45) is -0.125. The van der Waals surface area contributed by atoms with Gasteiger partial charge in [0.2, 0.25) is 0 Å². The van der Waals surface area contributed by atoms with Crippen LogP contribution in [0.1, 0.15) is 34.4 Å². The summed E-state index contributed by atoms with van der Waals surface area (Å²) in [6.45, 7) is 0. The molecule has 0 spiro atoms. The fourth-order valence-corrected chi connectivity index (χ4v) is 4.31. The highest BCUT2D eigenvalue weighted by Gasteiger charge is 2.47. The Balaban J connectivity index is 1.65. The van der Waals surface area contributed by atoms with Gasteiger partial charge in [0.05, 0.1) is 29.3 Å².